The Morgan fingerprint density at radius 1 is 1.14 bits per heavy atom. The molecule has 1 atom stereocenters. The highest BCUT2D eigenvalue weighted by atomic mass is 16.6. The molecule has 0 heterocycles. The summed E-state index contributed by atoms with van der Waals surface area (Å²) < 4.78 is 11.1. The number of rotatable bonds is 11. The van der Waals surface area contributed by atoms with E-state index in [0.29, 0.717) is 12.1 Å². The van der Waals surface area contributed by atoms with Gasteiger partial charge in [0.1, 0.15) is 12.7 Å². The lowest BCUT2D eigenvalue weighted by molar-refractivity contribution is -0.157. The predicted molar refractivity (Wildman–Crippen MR) is 129 cm³/mol. The Morgan fingerprint density at radius 3 is 2.40 bits per heavy atom. The van der Waals surface area contributed by atoms with Crippen LogP contribution in [-0.4, -0.2) is 59.4 Å². The monoisotopic (exact) mass is 490 g/mol. The fraction of sp³-hybridized carbons (Fsp3) is 0.654. The Balaban J connectivity index is 1.57. The van der Waals surface area contributed by atoms with Gasteiger partial charge < -0.3 is 30.3 Å². The highest BCUT2D eigenvalue weighted by Crippen LogP contribution is 2.46. The van der Waals surface area contributed by atoms with E-state index >= 15 is 0 Å². The van der Waals surface area contributed by atoms with Gasteiger partial charge in [-0.2, -0.15) is 0 Å². The molecule has 2 aliphatic rings. The average Bonchev–Trinajstić information content (AvgIpc) is 3.32. The van der Waals surface area contributed by atoms with Crippen LogP contribution < -0.4 is 10.6 Å². The van der Waals surface area contributed by atoms with Crippen molar-refractivity contribution >= 4 is 17.8 Å². The van der Waals surface area contributed by atoms with Crippen LogP contribution in [0.1, 0.15) is 75.2 Å². The Morgan fingerprint density at radius 2 is 1.77 bits per heavy atom. The summed E-state index contributed by atoms with van der Waals surface area (Å²) in [5, 5.41) is 25.7. The number of amides is 1. The van der Waals surface area contributed by atoms with Crippen LogP contribution in [-0.2, 0) is 19.1 Å². The number of benzene rings is 1. The molecule has 1 unspecified atom stereocenters. The molecule has 1 amide bonds. The van der Waals surface area contributed by atoms with Gasteiger partial charge in [0.05, 0.1) is 11.0 Å². The third kappa shape index (κ3) is 7.34. The van der Waals surface area contributed by atoms with Crippen LogP contribution in [0, 0.1) is 18.3 Å². The Kier molecular flexibility index (Phi) is 8.30. The van der Waals surface area contributed by atoms with E-state index in [0.717, 1.165) is 44.6 Å². The van der Waals surface area contributed by atoms with Gasteiger partial charge in [-0.05, 0) is 71.1 Å². The third-order valence-corrected chi connectivity index (χ3v) is 6.95. The second-order valence-corrected chi connectivity index (χ2v) is 10.8. The lowest BCUT2D eigenvalue weighted by atomic mass is 10.0. The highest BCUT2D eigenvalue weighted by Gasteiger charge is 2.47. The Hall–Kier alpha value is -2.81. The second kappa shape index (κ2) is 10.8. The van der Waals surface area contributed by atoms with Crippen LogP contribution in [0.4, 0.5) is 0 Å². The van der Waals surface area contributed by atoms with Crippen LogP contribution in [0.2, 0.25) is 0 Å². The van der Waals surface area contributed by atoms with Crippen LogP contribution in [0.5, 0.6) is 11.5 Å². The molecule has 2 saturated carbocycles. The number of carbonyl (C=O) groups excluding carboxylic acids is 3. The first kappa shape index (κ1) is 26.8. The summed E-state index contributed by atoms with van der Waals surface area (Å²) in [4.78, 5) is 37.6. The maximum absolute atomic E-state index is 12.6. The molecule has 9 nitrogen and oxygen atoms in total. The smallest absolute Gasteiger partial charge is 0.338 e. The molecule has 0 aliphatic heterocycles. The average molecular weight is 491 g/mol. The van der Waals surface area contributed by atoms with Crippen LogP contribution in [0.25, 0.3) is 0 Å². The normalized spacial score (nSPS) is 18.1. The number of hydrogen-bond donors (Lipinski definition) is 4. The number of ether oxygens (including phenoxy) is 2. The fourth-order valence-corrected chi connectivity index (χ4v) is 4.06. The van der Waals surface area contributed by atoms with Crippen molar-refractivity contribution in [1.29, 1.82) is 0 Å². The van der Waals surface area contributed by atoms with E-state index < -0.39 is 28.8 Å². The van der Waals surface area contributed by atoms with Crippen LogP contribution in [0.15, 0.2) is 12.1 Å². The number of phenolic OH excluding ortho intramolecular Hbond substituents is 2. The summed E-state index contributed by atoms with van der Waals surface area (Å²) >= 11 is 0. The van der Waals surface area contributed by atoms with E-state index in [2.05, 4.69) is 10.6 Å². The van der Waals surface area contributed by atoms with Gasteiger partial charge in [-0.15, -0.1) is 0 Å². The van der Waals surface area contributed by atoms with E-state index in [1.54, 1.807) is 6.92 Å². The summed E-state index contributed by atoms with van der Waals surface area (Å²) in [6, 6.07) is 2.43. The van der Waals surface area contributed by atoms with Gasteiger partial charge in [0.25, 0.3) is 0 Å². The zero-order chi connectivity index (χ0) is 25.8. The molecule has 194 valence electrons. The number of hydrogen-bond acceptors (Lipinski definition) is 8. The maximum atomic E-state index is 12.6. The molecule has 2 aliphatic carbocycles. The third-order valence-electron chi connectivity index (χ3n) is 6.95. The number of carbonyl (C=O) groups is 3. The molecule has 35 heavy (non-hydrogen) atoms. The van der Waals surface area contributed by atoms with E-state index in [1.165, 1.54) is 6.07 Å². The van der Waals surface area contributed by atoms with Gasteiger partial charge in [-0.1, -0.05) is 12.8 Å². The molecule has 0 radical (unpaired) electrons. The number of nitrogens with one attached hydrogen (secondary N) is 2. The van der Waals surface area contributed by atoms with Crippen LogP contribution in [0.3, 0.4) is 0 Å². The SMILES string of the molecule is Cc1cc(O)c(O)cc1C(=O)OCC(CNC(C)(C)CNC(=O)C1CCCC1)OC(=O)C1(C)CC1. The first-order chi connectivity index (χ1) is 16.4. The molecule has 0 aromatic heterocycles. The predicted octanol–water partition coefficient (Wildman–Crippen LogP) is 2.95. The van der Waals surface area contributed by atoms with E-state index in [1.807, 2.05) is 20.8 Å². The lowest BCUT2D eigenvalue weighted by Gasteiger charge is -2.30. The summed E-state index contributed by atoms with van der Waals surface area (Å²) in [7, 11) is 0. The zero-order valence-electron chi connectivity index (χ0n) is 21.1. The summed E-state index contributed by atoms with van der Waals surface area (Å²) in [6.07, 6.45) is 4.83. The van der Waals surface area contributed by atoms with Gasteiger partial charge in [0.2, 0.25) is 5.91 Å². The fourth-order valence-electron chi connectivity index (χ4n) is 4.06. The quantitative estimate of drug-likeness (QED) is 0.275. The molecule has 0 bridgehead atoms. The van der Waals surface area contributed by atoms with Crippen molar-refractivity contribution in [1.82, 2.24) is 10.6 Å². The zero-order valence-corrected chi connectivity index (χ0v) is 21.1. The van der Waals surface area contributed by atoms with E-state index in [-0.39, 0.29) is 42.3 Å². The molecule has 1 aromatic rings. The van der Waals surface area contributed by atoms with Crippen LogP contribution >= 0.6 is 0 Å². The first-order valence-electron chi connectivity index (χ1n) is 12.3. The molecular formula is C26H38N2O7. The number of esters is 2. The van der Waals surface area contributed by atoms with Crippen molar-refractivity contribution in [3.05, 3.63) is 23.3 Å². The van der Waals surface area contributed by atoms with Gasteiger partial charge in [0.15, 0.2) is 11.5 Å². The molecule has 1 aromatic carbocycles. The van der Waals surface area contributed by atoms with Gasteiger partial charge in [0, 0.05) is 24.5 Å². The maximum Gasteiger partial charge on any atom is 0.338 e. The minimum atomic E-state index is -0.736. The van der Waals surface area contributed by atoms with Crippen molar-refractivity contribution in [2.45, 2.75) is 77.9 Å². The first-order valence-corrected chi connectivity index (χ1v) is 12.3. The van der Waals surface area contributed by atoms with E-state index in [4.69, 9.17) is 9.47 Å². The molecule has 0 spiro atoms. The van der Waals surface area contributed by atoms with Crippen molar-refractivity contribution in [2.24, 2.45) is 11.3 Å². The second-order valence-electron chi connectivity index (χ2n) is 10.8. The summed E-state index contributed by atoms with van der Waals surface area (Å²) in [5.41, 5.74) is -0.415. The molecule has 9 heteroatoms. The Bertz CT molecular complexity index is 949. The standard InChI is InChI=1S/C26H38N2O7/c1-16-11-20(29)21(30)12-19(16)23(32)34-14-18(35-24(33)26(4)9-10-26)13-28-25(2,3)15-27-22(31)17-7-5-6-8-17/h11-12,17-18,28-30H,5-10,13-15H2,1-4H3,(H,27,31). The summed E-state index contributed by atoms with van der Waals surface area (Å²) in [5.74, 6) is -1.61. The number of aromatic hydroxyl groups is 2. The molecule has 2 fully saturated rings. The van der Waals surface area contributed by atoms with Crippen molar-refractivity contribution in [2.75, 3.05) is 19.7 Å². The van der Waals surface area contributed by atoms with Gasteiger partial charge >= 0.3 is 11.9 Å². The van der Waals surface area contributed by atoms with Crippen molar-refractivity contribution in [3.63, 3.8) is 0 Å². The molecule has 4 N–H and O–H groups in total. The molecule has 3 rings (SSSR count). The van der Waals surface area contributed by atoms with Gasteiger partial charge in [-0.25, -0.2) is 4.79 Å². The minimum absolute atomic E-state index is 0.0726. The van der Waals surface area contributed by atoms with Crippen molar-refractivity contribution < 1.29 is 34.1 Å². The lowest BCUT2D eigenvalue weighted by Crippen LogP contribution is -2.53. The largest absolute Gasteiger partial charge is 0.504 e. The minimum Gasteiger partial charge on any atom is -0.504 e. The molecular weight excluding hydrogens is 452 g/mol. The highest BCUT2D eigenvalue weighted by molar-refractivity contribution is 5.92. The number of aryl methyl sites for hydroxylation is 1. The number of phenols is 2. The topological polar surface area (TPSA) is 134 Å². The summed E-state index contributed by atoms with van der Waals surface area (Å²) in [6.45, 7) is 7.80. The van der Waals surface area contributed by atoms with Gasteiger partial charge in [-0.3, -0.25) is 9.59 Å². The van der Waals surface area contributed by atoms with E-state index in [9.17, 15) is 24.6 Å². The van der Waals surface area contributed by atoms with Crippen molar-refractivity contribution in [3.8, 4) is 11.5 Å². The molecule has 0 saturated heterocycles. The Labute approximate surface area is 206 Å².